The van der Waals surface area contributed by atoms with Crippen LogP contribution in [-0.2, 0) is 6.42 Å². The Bertz CT molecular complexity index is 1130. The molecule has 0 aliphatic rings. The van der Waals surface area contributed by atoms with E-state index >= 15 is 0 Å². The monoisotopic (exact) mass is 370 g/mol. The zero-order valence-electron chi connectivity index (χ0n) is 16.0. The fraction of sp³-hybridized carbons (Fsp3) is 0.167. The van der Waals surface area contributed by atoms with Crippen LogP contribution < -0.4 is 4.74 Å². The number of rotatable bonds is 6. The van der Waals surface area contributed by atoms with Crippen molar-refractivity contribution in [2.45, 2.75) is 20.3 Å². The number of pyridine rings is 1. The van der Waals surface area contributed by atoms with E-state index in [2.05, 4.69) is 28.2 Å². The van der Waals surface area contributed by atoms with Crippen LogP contribution in [0, 0.1) is 0 Å². The molecule has 0 radical (unpaired) electrons. The second-order valence-corrected chi connectivity index (χ2v) is 6.73. The van der Waals surface area contributed by atoms with E-state index in [1.54, 1.807) is 13.0 Å². The third-order valence-electron chi connectivity index (χ3n) is 4.78. The number of aromatic amines is 1. The van der Waals surface area contributed by atoms with Crippen molar-refractivity contribution >= 4 is 16.7 Å². The highest BCUT2D eigenvalue weighted by molar-refractivity contribution is 5.93. The molecule has 140 valence electrons. The highest BCUT2D eigenvalue weighted by atomic mass is 16.5. The number of benzene rings is 2. The first-order chi connectivity index (χ1) is 13.7. The molecule has 1 N–H and O–H groups in total. The van der Waals surface area contributed by atoms with Gasteiger partial charge in [0, 0.05) is 36.0 Å². The quantitative estimate of drug-likeness (QED) is 0.461. The van der Waals surface area contributed by atoms with E-state index in [-0.39, 0.29) is 5.78 Å². The van der Waals surface area contributed by atoms with Crippen LogP contribution in [0.15, 0.2) is 66.7 Å². The maximum absolute atomic E-state index is 11.7. The average molecular weight is 370 g/mol. The van der Waals surface area contributed by atoms with Gasteiger partial charge in [0.1, 0.15) is 11.4 Å². The van der Waals surface area contributed by atoms with Crippen molar-refractivity contribution in [3.05, 3.63) is 83.7 Å². The average Bonchev–Trinajstić information content (AvgIpc) is 3.07. The number of aromatic nitrogens is 2. The van der Waals surface area contributed by atoms with Gasteiger partial charge in [0.15, 0.2) is 5.78 Å². The second-order valence-electron chi connectivity index (χ2n) is 6.73. The predicted octanol–water partition coefficient (Wildman–Crippen LogP) is 5.42. The summed E-state index contributed by atoms with van der Waals surface area (Å²) in [5, 5.41) is 1.14. The van der Waals surface area contributed by atoms with Gasteiger partial charge in [-0.2, -0.15) is 0 Å². The standard InChI is InChI=1S/C24H22N2O2/c1-3-28-19-12-13-20-21(14-18-10-7-11-22(25-18)16(2)27)24(26-23(20)15-19)17-8-5-4-6-9-17/h4-13,15,26H,3,14H2,1-2H3. The van der Waals surface area contributed by atoms with E-state index in [1.165, 1.54) is 0 Å². The van der Waals surface area contributed by atoms with Gasteiger partial charge in [-0.3, -0.25) is 4.79 Å². The molecule has 0 fully saturated rings. The zero-order chi connectivity index (χ0) is 19.5. The van der Waals surface area contributed by atoms with Crippen LogP contribution in [-0.4, -0.2) is 22.4 Å². The third kappa shape index (κ3) is 3.54. The molecule has 2 aromatic heterocycles. The minimum atomic E-state index is -0.0228. The summed E-state index contributed by atoms with van der Waals surface area (Å²) >= 11 is 0. The van der Waals surface area contributed by atoms with Gasteiger partial charge in [0.25, 0.3) is 0 Å². The Hall–Kier alpha value is -3.40. The highest BCUT2D eigenvalue weighted by Crippen LogP contribution is 2.33. The normalized spacial score (nSPS) is 10.9. The highest BCUT2D eigenvalue weighted by Gasteiger charge is 2.15. The fourth-order valence-electron chi connectivity index (χ4n) is 3.48. The van der Waals surface area contributed by atoms with Crippen molar-refractivity contribution in [3.63, 3.8) is 0 Å². The number of ketones is 1. The molecule has 2 aromatic carbocycles. The summed E-state index contributed by atoms with van der Waals surface area (Å²) in [5.74, 6) is 0.824. The number of hydrogen-bond acceptors (Lipinski definition) is 3. The number of carbonyl (C=O) groups is 1. The summed E-state index contributed by atoms with van der Waals surface area (Å²) in [6.45, 7) is 4.16. The SMILES string of the molecule is CCOc1ccc2c(Cc3cccc(C(C)=O)n3)c(-c3ccccc3)[nH]c2c1. The van der Waals surface area contributed by atoms with Crippen LogP contribution in [0.25, 0.3) is 22.2 Å². The number of nitrogens with one attached hydrogen (secondary N) is 1. The van der Waals surface area contributed by atoms with Gasteiger partial charge < -0.3 is 9.72 Å². The van der Waals surface area contributed by atoms with Gasteiger partial charge in [-0.05, 0) is 42.3 Å². The van der Waals surface area contributed by atoms with Crippen molar-refractivity contribution in [1.29, 1.82) is 0 Å². The summed E-state index contributed by atoms with van der Waals surface area (Å²) in [6, 6.07) is 22.0. The number of hydrogen-bond donors (Lipinski definition) is 1. The summed E-state index contributed by atoms with van der Waals surface area (Å²) in [7, 11) is 0. The lowest BCUT2D eigenvalue weighted by atomic mass is 10.0. The Kier molecular flexibility index (Phi) is 4.94. The minimum Gasteiger partial charge on any atom is -0.494 e. The molecule has 0 atom stereocenters. The molecule has 0 saturated carbocycles. The van der Waals surface area contributed by atoms with Gasteiger partial charge >= 0.3 is 0 Å². The fourth-order valence-corrected chi connectivity index (χ4v) is 3.48. The second kappa shape index (κ2) is 7.69. The molecule has 0 bridgehead atoms. The Morgan fingerprint density at radius 2 is 1.86 bits per heavy atom. The largest absolute Gasteiger partial charge is 0.494 e. The molecule has 0 amide bonds. The van der Waals surface area contributed by atoms with Crippen LogP contribution in [0.5, 0.6) is 5.75 Å². The van der Waals surface area contributed by atoms with E-state index in [4.69, 9.17) is 4.74 Å². The lowest BCUT2D eigenvalue weighted by Crippen LogP contribution is -2.01. The smallest absolute Gasteiger partial charge is 0.178 e. The number of carbonyl (C=O) groups excluding carboxylic acids is 1. The molecule has 0 saturated heterocycles. The van der Waals surface area contributed by atoms with Crippen LogP contribution >= 0.6 is 0 Å². The molecule has 0 aliphatic heterocycles. The molecule has 0 spiro atoms. The summed E-state index contributed by atoms with van der Waals surface area (Å²) in [6.07, 6.45) is 0.638. The van der Waals surface area contributed by atoms with Gasteiger partial charge in [-0.15, -0.1) is 0 Å². The van der Waals surface area contributed by atoms with E-state index in [0.29, 0.717) is 18.7 Å². The van der Waals surface area contributed by atoms with Crippen molar-refractivity contribution < 1.29 is 9.53 Å². The summed E-state index contributed by atoms with van der Waals surface area (Å²) < 4.78 is 5.66. The molecular formula is C24H22N2O2. The molecule has 4 nitrogen and oxygen atoms in total. The van der Waals surface area contributed by atoms with Gasteiger partial charge in [0.05, 0.1) is 12.3 Å². The van der Waals surface area contributed by atoms with Crippen molar-refractivity contribution in [1.82, 2.24) is 9.97 Å². The van der Waals surface area contributed by atoms with E-state index in [1.807, 2.05) is 49.4 Å². The van der Waals surface area contributed by atoms with Crippen molar-refractivity contribution in [3.8, 4) is 17.0 Å². The maximum Gasteiger partial charge on any atom is 0.178 e. The topological polar surface area (TPSA) is 55.0 Å². The summed E-state index contributed by atoms with van der Waals surface area (Å²) in [4.78, 5) is 19.8. The molecular weight excluding hydrogens is 348 g/mol. The Morgan fingerprint density at radius 1 is 1.04 bits per heavy atom. The first kappa shape index (κ1) is 18.0. The van der Waals surface area contributed by atoms with Gasteiger partial charge in [-0.25, -0.2) is 4.98 Å². The Balaban J connectivity index is 1.85. The zero-order valence-corrected chi connectivity index (χ0v) is 16.0. The Labute approximate surface area is 164 Å². The van der Waals surface area contributed by atoms with E-state index in [0.717, 1.165) is 39.2 Å². The maximum atomic E-state index is 11.7. The number of nitrogens with zero attached hydrogens (tertiary/aromatic N) is 1. The molecule has 4 rings (SSSR count). The number of H-pyrrole nitrogens is 1. The van der Waals surface area contributed by atoms with Crippen LogP contribution in [0.2, 0.25) is 0 Å². The van der Waals surface area contributed by atoms with E-state index < -0.39 is 0 Å². The van der Waals surface area contributed by atoms with Crippen LogP contribution in [0.1, 0.15) is 35.6 Å². The first-order valence-corrected chi connectivity index (χ1v) is 9.45. The van der Waals surface area contributed by atoms with Crippen molar-refractivity contribution in [2.24, 2.45) is 0 Å². The minimum absolute atomic E-state index is 0.0228. The molecule has 0 aliphatic carbocycles. The number of Topliss-reactive ketones (excluding diaryl/α,β-unsaturated/α-hetero) is 1. The number of ether oxygens (including phenoxy) is 1. The van der Waals surface area contributed by atoms with Gasteiger partial charge in [0.2, 0.25) is 0 Å². The first-order valence-electron chi connectivity index (χ1n) is 9.45. The van der Waals surface area contributed by atoms with E-state index in [9.17, 15) is 4.79 Å². The lowest BCUT2D eigenvalue weighted by molar-refractivity contribution is 0.101. The summed E-state index contributed by atoms with van der Waals surface area (Å²) in [5.41, 5.74) is 5.76. The molecule has 4 heteroatoms. The number of fused-ring (bicyclic) bond motifs is 1. The lowest BCUT2D eigenvalue weighted by Gasteiger charge is -2.07. The molecule has 4 aromatic rings. The van der Waals surface area contributed by atoms with Crippen LogP contribution in [0.3, 0.4) is 0 Å². The van der Waals surface area contributed by atoms with Gasteiger partial charge in [-0.1, -0.05) is 36.4 Å². The molecule has 28 heavy (non-hydrogen) atoms. The van der Waals surface area contributed by atoms with Crippen molar-refractivity contribution in [2.75, 3.05) is 6.61 Å². The molecule has 2 heterocycles. The third-order valence-corrected chi connectivity index (χ3v) is 4.78. The van der Waals surface area contributed by atoms with Crippen LogP contribution in [0.4, 0.5) is 0 Å². The Morgan fingerprint density at radius 3 is 2.61 bits per heavy atom. The predicted molar refractivity (Wildman–Crippen MR) is 112 cm³/mol. The molecule has 0 unspecified atom stereocenters.